The van der Waals surface area contributed by atoms with E-state index in [9.17, 15) is 0 Å². The van der Waals surface area contributed by atoms with Gasteiger partial charge in [-0.2, -0.15) is 0 Å². The van der Waals surface area contributed by atoms with E-state index in [-0.39, 0.29) is 0 Å². The zero-order valence-corrected chi connectivity index (χ0v) is 10.3. The minimum atomic E-state index is 1.14. The smallest absolute Gasteiger partial charge is 0.300 e. The molecule has 0 aromatic carbocycles. The molecule has 0 saturated carbocycles. The van der Waals surface area contributed by atoms with Crippen LogP contribution in [0.1, 0.15) is 39.5 Å². The fraction of sp³-hybridized carbons (Fsp3) is 1.00. The zero-order chi connectivity index (χ0) is 10.8. The van der Waals surface area contributed by atoms with E-state index in [1.165, 1.54) is 25.7 Å². The van der Waals surface area contributed by atoms with Gasteiger partial charge in [0, 0.05) is 0 Å². The summed E-state index contributed by atoms with van der Waals surface area (Å²) in [5.41, 5.74) is 0. The monoisotopic (exact) mass is 194 g/mol. The SMILES string of the molecule is C[B]N([B]N(C)CCCC)CCCC. The van der Waals surface area contributed by atoms with Crippen LogP contribution in [0.3, 0.4) is 0 Å². The molecule has 0 unspecified atom stereocenters. The topological polar surface area (TPSA) is 6.48 Å². The Morgan fingerprint density at radius 1 is 1.00 bits per heavy atom. The minimum Gasteiger partial charge on any atom is -0.378 e. The van der Waals surface area contributed by atoms with Crippen LogP contribution in [0.4, 0.5) is 0 Å². The molecular formula is C10H24B2N2. The molecule has 2 nitrogen and oxygen atoms in total. The molecule has 0 aliphatic rings. The van der Waals surface area contributed by atoms with E-state index in [1.807, 2.05) is 0 Å². The Morgan fingerprint density at radius 3 is 2.07 bits per heavy atom. The molecule has 0 fully saturated rings. The van der Waals surface area contributed by atoms with Gasteiger partial charge < -0.3 is 9.53 Å². The Labute approximate surface area is 91.6 Å². The van der Waals surface area contributed by atoms with Crippen molar-refractivity contribution in [3.63, 3.8) is 0 Å². The predicted octanol–water partition coefficient (Wildman–Crippen LogP) is 2.02. The molecule has 0 aromatic heterocycles. The molecule has 0 aliphatic heterocycles. The fourth-order valence-electron chi connectivity index (χ4n) is 1.31. The van der Waals surface area contributed by atoms with Gasteiger partial charge in [-0.25, -0.2) is 0 Å². The van der Waals surface area contributed by atoms with Crippen LogP contribution in [0.2, 0.25) is 6.82 Å². The first-order valence-electron chi connectivity index (χ1n) is 5.85. The summed E-state index contributed by atoms with van der Waals surface area (Å²) < 4.78 is 2.28. The van der Waals surface area contributed by atoms with Gasteiger partial charge in [-0.1, -0.05) is 33.5 Å². The second-order valence-corrected chi connectivity index (χ2v) is 3.80. The van der Waals surface area contributed by atoms with Crippen LogP contribution in [0.15, 0.2) is 0 Å². The Kier molecular flexibility index (Phi) is 9.63. The Hall–Kier alpha value is 0.0499. The van der Waals surface area contributed by atoms with Gasteiger partial charge in [0.15, 0.2) is 7.41 Å². The first-order valence-corrected chi connectivity index (χ1v) is 5.85. The van der Waals surface area contributed by atoms with Crippen LogP contribution in [0.25, 0.3) is 0 Å². The van der Waals surface area contributed by atoms with Gasteiger partial charge in [0.05, 0.1) is 0 Å². The third-order valence-electron chi connectivity index (χ3n) is 2.31. The predicted molar refractivity (Wildman–Crippen MR) is 66.5 cm³/mol. The highest BCUT2D eigenvalue weighted by Crippen LogP contribution is 1.95. The van der Waals surface area contributed by atoms with Crippen molar-refractivity contribution >= 4 is 15.0 Å². The summed E-state index contributed by atoms with van der Waals surface area (Å²) in [5.74, 6) is 0. The van der Waals surface area contributed by atoms with Gasteiger partial charge >= 0.3 is 0 Å². The molecule has 0 atom stereocenters. The van der Waals surface area contributed by atoms with Crippen molar-refractivity contribution in [2.45, 2.75) is 46.4 Å². The van der Waals surface area contributed by atoms with E-state index < -0.39 is 0 Å². The second kappa shape index (κ2) is 9.60. The number of hydrogen-bond acceptors (Lipinski definition) is 2. The summed E-state index contributed by atoms with van der Waals surface area (Å²) in [6.45, 7) is 8.86. The third kappa shape index (κ3) is 7.45. The minimum absolute atomic E-state index is 1.14. The van der Waals surface area contributed by atoms with Crippen LogP contribution in [-0.4, -0.2) is 44.6 Å². The highest BCUT2D eigenvalue weighted by Gasteiger charge is 2.08. The normalized spacial score (nSPS) is 11.0. The molecule has 80 valence electrons. The summed E-state index contributed by atoms with van der Waals surface area (Å²) in [7, 11) is 6.52. The van der Waals surface area contributed by atoms with E-state index in [1.54, 1.807) is 0 Å². The van der Waals surface area contributed by atoms with Gasteiger partial charge in [0.2, 0.25) is 0 Å². The van der Waals surface area contributed by atoms with Crippen molar-refractivity contribution in [2.75, 3.05) is 20.1 Å². The molecule has 4 heteroatoms. The lowest BCUT2D eigenvalue weighted by molar-refractivity contribution is 0.468. The molecule has 0 saturated heterocycles. The first kappa shape index (κ1) is 14.0. The molecular weight excluding hydrogens is 170 g/mol. The van der Waals surface area contributed by atoms with Crippen molar-refractivity contribution in [2.24, 2.45) is 0 Å². The number of unbranched alkanes of at least 4 members (excludes halogenated alkanes) is 2. The maximum Gasteiger partial charge on any atom is 0.300 e. The molecule has 0 N–H and O–H groups in total. The number of rotatable bonds is 9. The first-order chi connectivity index (χ1) is 6.74. The van der Waals surface area contributed by atoms with Crippen LogP contribution in [-0.2, 0) is 0 Å². The van der Waals surface area contributed by atoms with E-state index >= 15 is 0 Å². The van der Waals surface area contributed by atoms with Gasteiger partial charge in [0.25, 0.3) is 7.55 Å². The lowest BCUT2D eigenvalue weighted by Crippen LogP contribution is -2.41. The van der Waals surface area contributed by atoms with Crippen LogP contribution in [0.5, 0.6) is 0 Å². The van der Waals surface area contributed by atoms with E-state index in [0.717, 1.165) is 13.1 Å². The van der Waals surface area contributed by atoms with Gasteiger partial charge in [0.1, 0.15) is 0 Å². The zero-order valence-electron chi connectivity index (χ0n) is 10.3. The highest BCUT2D eigenvalue weighted by molar-refractivity contribution is 6.47. The van der Waals surface area contributed by atoms with E-state index in [0.29, 0.717) is 0 Å². The molecule has 0 spiro atoms. The summed E-state index contributed by atoms with van der Waals surface area (Å²) in [6.07, 6.45) is 5.07. The Morgan fingerprint density at radius 2 is 1.57 bits per heavy atom. The maximum absolute atomic E-state index is 2.28. The van der Waals surface area contributed by atoms with Crippen molar-refractivity contribution in [1.82, 2.24) is 9.53 Å². The van der Waals surface area contributed by atoms with Crippen molar-refractivity contribution in [3.8, 4) is 0 Å². The van der Waals surface area contributed by atoms with Crippen molar-refractivity contribution < 1.29 is 0 Å². The lowest BCUT2D eigenvalue weighted by atomic mass is 9.84. The Balaban J connectivity index is 3.57. The number of hydrogen-bond donors (Lipinski definition) is 0. The van der Waals surface area contributed by atoms with E-state index in [4.69, 9.17) is 0 Å². The average Bonchev–Trinajstić information content (AvgIpc) is 2.21. The van der Waals surface area contributed by atoms with Crippen molar-refractivity contribution in [3.05, 3.63) is 0 Å². The summed E-state index contributed by atoms with van der Waals surface area (Å²) in [5, 5.41) is 0. The van der Waals surface area contributed by atoms with E-state index in [2.05, 4.69) is 52.2 Å². The van der Waals surface area contributed by atoms with Crippen molar-refractivity contribution in [1.29, 1.82) is 0 Å². The van der Waals surface area contributed by atoms with Crippen LogP contribution >= 0.6 is 0 Å². The Bertz CT molecular complexity index is 123. The molecule has 0 rings (SSSR count). The molecule has 2 radical (unpaired) electrons. The number of nitrogens with zero attached hydrogens (tertiary/aromatic N) is 2. The maximum atomic E-state index is 2.28. The average molecular weight is 194 g/mol. The standard InChI is InChI=1S/C10H24B2N2/c1-5-7-9-13(4)12-14(11-3)10-8-6-2/h5-10H2,1-4H3. The van der Waals surface area contributed by atoms with Gasteiger partial charge in [-0.15, -0.1) is 0 Å². The lowest BCUT2D eigenvalue weighted by Gasteiger charge is -2.24. The summed E-state index contributed by atoms with van der Waals surface area (Å²) in [4.78, 5) is 2.28. The molecule has 0 heterocycles. The van der Waals surface area contributed by atoms with Crippen LogP contribution in [0, 0.1) is 0 Å². The van der Waals surface area contributed by atoms with Gasteiger partial charge in [-0.3, -0.25) is 0 Å². The fourth-order valence-corrected chi connectivity index (χ4v) is 1.31. The second-order valence-electron chi connectivity index (χ2n) is 3.80. The van der Waals surface area contributed by atoms with Crippen LogP contribution < -0.4 is 0 Å². The molecule has 0 aliphatic carbocycles. The highest BCUT2D eigenvalue weighted by atomic mass is 15.1. The third-order valence-corrected chi connectivity index (χ3v) is 2.31. The molecule has 0 bridgehead atoms. The molecule has 0 aromatic rings. The molecule has 0 amide bonds. The summed E-state index contributed by atoms with van der Waals surface area (Å²) >= 11 is 0. The largest absolute Gasteiger partial charge is 0.378 e. The molecule has 14 heavy (non-hydrogen) atoms. The quantitative estimate of drug-likeness (QED) is 0.518. The van der Waals surface area contributed by atoms with Gasteiger partial charge in [-0.05, 0) is 33.0 Å². The summed E-state index contributed by atoms with van der Waals surface area (Å²) in [6, 6.07) is 0.